The minimum Gasteiger partial charge on any atom is -0.351 e. The lowest BCUT2D eigenvalue weighted by molar-refractivity contribution is -0.135. The van der Waals surface area contributed by atoms with Crippen molar-refractivity contribution in [1.29, 1.82) is 0 Å². The van der Waals surface area contributed by atoms with Crippen molar-refractivity contribution in [2.24, 2.45) is 11.1 Å². The molecule has 1 aromatic heterocycles. The quantitative estimate of drug-likeness (QED) is 0.814. The van der Waals surface area contributed by atoms with Gasteiger partial charge in [-0.3, -0.25) is 4.79 Å². The standard InChI is InChI=1S/C11H16N2OS/c12-8-11(4-2-5-11)10(14)13-7-9-3-1-6-15-9/h1,3,6H,2,4-5,7-8,12H2,(H,13,14). The van der Waals surface area contributed by atoms with Crippen LogP contribution in [-0.2, 0) is 11.3 Å². The molecule has 0 unspecified atom stereocenters. The van der Waals surface area contributed by atoms with E-state index in [4.69, 9.17) is 5.73 Å². The van der Waals surface area contributed by atoms with Crippen molar-refractivity contribution >= 4 is 17.2 Å². The van der Waals surface area contributed by atoms with Crippen molar-refractivity contribution in [2.45, 2.75) is 25.8 Å². The Balaban J connectivity index is 1.87. The third-order valence-electron chi connectivity index (χ3n) is 3.19. The van der Waals surface area contributed by atoms with E-state index in [1.807, 2.05) is 17.5 Å². The third kappa shape index (κ3) is 2.06. The summed E-state index contributed by atoms with van der Waals surface area (Å²) in [7, 11) is 0. The van der Waals surface area contributed by atoms with Gasteiger partial charge in [0.15, 0.2) is 0 Å². The van der Waals surface area contributed by atoms with E-state index in [1.54, 1.807) is 11.3 Å². The molecule has 1 aliphatic carbocycles. The van der Waals surface area contributed by atoms with Crippen molar-refractivity contribution in [3.05, 3.63) is 22.4 Å². The Bertz CT molecular complexity index is 325. The molecule has 0 atom stereocenters. The van der Waals surface area contributed by atoms with Gasteiger partial charge in [-0.05, 0) is 24.3 Å². The van der Waals surface area contributed by atoms with Crippen LogP contribution in [0.25, 0.3) is 0 Å². The second-order valence-electron chi connectivity index (χ2n) is 4.10. The fourth-order valence-electron chi connectivity index (χ4n) is 1.90. The maximum atomic E-state index is 11.9. The molecular weight excluding hydrogens is 208 g/mol. The van der Waals surface area contributed by atoms with Crippen molar-refractivity contribution < 1.29 is 4.79 Å². The fraction of sp³-hybridized carbons (Fsp3) is 0.545. The molecule has 0 aromatic carbocycles. The predicted octanol–water partition coefficient (Wildman–Crippen LogP) is 1.49. The van der Waals surface area contributed by atoms with Gasteiger partial charge in [0.1, 0.15) is 0 Å². The van der Waals surface area contributed by atoms with Crippen molar-refractivity contribution in [1.82, 2.24) is 5.32 Å². The number of nitrogens with two attached hydrogens (primary N) is 1. The van der Waals surface area contributed by atoms with Gasteiger partial charge >= 0.3 is 0 Å². The Morgan fingerprint density at radius 2 is 2.40 bits per heavy atom. The Hall–Kier alpha value is -0.870. The van der Waals surface area contributed by atoms with Gasteiger partial charge in [-0.15, -0.1) is 11.3 Å². The molecule has 2 rings (SSSR count). The molecule has 3 nitrogen and oxygen atoms in total. The predicted molar refractivity (Wildman–Crippen MR) is 61.5 cm³/mol. The number of hydrogen-bond donors (Lipinski definition) is 2. The van der Waals surface area contributed by atoms with Crippen LogP contribution in [0.2, 0.25) is 0 Å². The summed E-state index contributed by atoms with van der Waals surface area (Å²) in [4.78, 5) is 13.1. The van der Waals surface area contributed by atoms with Crippen LogP contribution in [0, 0.1) is 5.41 Å². The summed E-state index contributed by atoms with van der Waals surface area (Å²) in [5.41, 5.74) is 5.41. The fourth-order valence-corrected chi connectivity index (χ4v) is 2.54. The molecule has 4 heteroatoms. The number of thiophene rings is 1. The van der Waals surface area contributed by atoms with E-state index >= 15 is 0 Å². The minimum atomic E-state index is -0.253. The van der Waals surface area contributed by atoms with E-state index in [0.29, 0.717) is 13.1 Å². The smallest absolute Gasteiger partial charge is 0.227 e. The summed E-state index contributed by atoms with van der Waals surface area (Å²) in [6.07, 6.45) is 3.02. The highest BCUT2D eigenvalue weighted by molar-refractivity contribution is 7.09. The van der Waals surface area contributed by atoms with Gasteiger partial charge in [0.05, 0.1) is 12.0 Å². The van der Waals surface area contributed by atoms with Crippen LogP contribution in [-0.4, -0.2) is 12.5 Å². The molecule has 82 valence electrons. The Labute approximate surface area is 93.7 Å². The summed E-state index contributed by atoms with van der Waals surface area (Å²) in [6, 6.07) is 4.02. The molecule has 1 aromatic rings. The largest absolute Gasteiger partial charge is 0.351 e. The van der Waals surface area contributed by atoms with Crippen LogP contribution in [0.15, 0.2) is 17.5 Å². The molecule has 0 radical (unpaired) electrons. The number of nitrogens with one attached hydrogen (secondary N) is 1. The van der Waals surface area contributed by atoms with Gasteiger partial charge in [-0.1, -0.05) is 12.5 Å². The highest BCUT2D eigenvalue weighted by Crippen LogP contribution is 2.40. The molecule has 3 N–H and O–H groups in total. The molecule has 1 fully saturated rings. The van der Waals surface area contributed by atoms with Crippen LogP contribution in [0.5, 0.6) is 0 Å². The van der Waals surface area contributed by atoms with E-state index in [2.05, 4.69) is 5.32 Å². The number of rotatable bonds is 4. The highest BCUT2D eigenvalue weighted by atomic mass is 32.1. The summed E-state index contributed by atoms with van der Waals surface area (Å²) in [5, 5.41) is 4.99. The lowest BCUT2D eigenvalue weighted by atomic mass is 9.68. The van der Waals surface area contributed by atoms with E-state index in [-0.39, 0.29) is 11.3 Å². The monoisotopic (exact) mass is 224 g/mol. The SMILES string of the molecule is NCC1(C(=O)NCc2cccs2)CCC1. The molecule has 0 aliphatic heterocycles. The average Bonchev–Trinajstić information content (AvgIpc) is 2.66. The Morgan fingerprint density at radius 3 is 2.87 bits per heavy atom. The van der Waals surface area contributed by atoms with Crippen LogP contribution in [0.4, 0.5) is 0 Å². The summed E-state index contributed by atoms with van der Waals surface area (Å²) in [5.74, 6) is 0.129. The first-order valence-electron chi connectivity index (χ1n) is 5.28. The number of carbonyl (C=O) groups is 1. The summed E-state index contributed by atoms with van der Waals surface area (Å²) >= 11 is 1.66. The van der Waals surface area contributed by atoms with E-state index in [1.165, 1.54) is 4.88 Å². The molecule has 0 bridgehead atoms. The zero-order valence-electron chi connectivity index (χ0n) is 8.66. The van der Waals surface area contributed by atoms with Gasteiger partial charge in [0.25, 0.3) is 0 Å². The van der Waals surface area contributed by atoms with Gasteiger partial charge < -0.3 is 11.1 Å². The lowest BCUT2D eigenvalue weighted by Crippen LogP contribution is -2.50. The second-order valence-corrected chi connectivity index (χ2v) is 5.13. The molecule has 1 aliphatic rings. The van der Waals surface area contributed by atoms with Crippen molar-refractivity contribution in [3.63, 3.8) is 0 Å². The van der Waals surface area contributed by atoms with E-state index < -0.39 is 0 Å². The summed E-state index contributed by atoms with van der Waals surface area (Å²) < 4.78 is 0. The first-order chi connectivity index (χ1) is 7.27. The zero-order chi connectivity index (χ0) is 10.7. The molecule has 0 saturated heterocycles. The number of carbonyl (C=O) groups excluding carboxylic acids is 1. The van der Waals surface area contributed by atoms with Gasteiger partial charge in [-0.2, -0.15) is 0 Å². The van der Waals surface area contributed by atoms with Gasteiger partial charge in [0.2, 0.25) is 5.91 Å². The Kier molecular flexibility index (Phi) is 3.07. The second kappa shape index (κ2) is 4.33. The minimum absolute atomic E-state index is 0.129. The maximum Gasteiger partial charge on any atom is 0.227 e. The molecular formula is C11H16N2OS. The van der Waals surface area contributed by atoms with Crippen LogP contribution in [0.3, 0.4) is 0 Å². The maximum absolute atomic E-state index is 11.9. The third-order valence-corrected chi connectivity index (χ3v) is 4.06. The zero-order valence-corrected chi connectivity index (χ0v) is 9.48. The van der Waals surface area contributed by atoms with E-state index in [9.17, 15) is 4.79 Å². The first kappa shape index (κ1) is 10.6. The van der Waals surface area contributed by atoms with E-state index in [0.717, 1.165) is 19.3 Å². The molecule has 15 heavy (non-hydrogen) atoms. The lowest BCUT2D eigenvalue weighted by Gasteiger charge is -2.39. The average molecular weight is 224 g/mol. The van der Waals surface area contributed by atoms with Gasteiger partial charge in [0, 0.05) is 11.4 Å². The molecule has 0 spiro atoms. The topological polar surface area (TPSA) is 55.1 Å². The van der Waals surface area contributed by atoms with Gasteiger partial charge in [-0.25, -0.2) is 0 Å². The van der Waals surface area contributed by atoms with Crippen LogP contribution >= 0.6 is 11.3 Å². The Morgan fingerprint density at radius 1 is 1.60 bits per heavy atom. The summed E-state index contributed by atoms with van der Waals surface area (Å²) in [6.45, 7) is 1.11. The normalized spacial score (nSPS) is 18.2. The molecule has 1 saturated carbocycles. The van der Waals surface area contributed by atoms with Crippen molar-refractivity contribution in [2.75, 3.05) is 6.54 Å². The van der Waals surface area contributed by atoms with Crippen LogP contribution in [0.1, 0.15) is 24.1 Å². The molecule has 1 amide bonds. The molecule has 1 heterocycles. The van der Waals surface area contributed by atoms with Crippen molar-refractivity contribution in [3.8, 4) is 0 Å². The number of amides is 1. The number of hydrogen-bond acceptors (Lipinski definition) is 3. The highest BCUT2D eigenvalue weighted by Gasteiger charge is 2.42. The van der Waals surface area contributed by atoms with Crippen LogP contribution < -0.4 is 11.1 Å². The first-order valence-corrected chi connectivity index (χ1v) is 6.15.